The minimum absolute atomic E-state index is 0.280. The number of hydrogen-bond donors (Lipinski definition) is 1. The summed E-state index contributed by atoms with van der Waals surface area (Å²) in [6.45, 7) is 3.50. The number of rotatable bonds is 5. The van der Waals surface area contributed by atoms with Gasteiger partial charge in [-0.2, -0.15) is 0 Å². The second kappa shape index (κ2) is 6.24. The molecule has 0 atom stereocenters. The van der Waals surface area contributed by atoms with Crippen molar-refractivity contribution in [2.24, 2.45) is 0 Å². The monoisotopic (exact) mass is 351 g/mol. The highest BCUT2D eigenvalue weighted by atomic mass is 32.2. The molecule has 0 radical (unpaired) electrons. The fourth-order valence-electron chi connectivity index (χ4n) is 2.05. The van der Waals surface area contributed by atoms with Crippen molar-refractivity contribution >= 4 is 27.1 Å². The van der Waals surface area contributed by atoms with E-state index in [9.17, 15) is 28.6 Å². The van der Waals surface area contributed by atoms with Crippen LogP contribution in [-0.2, 0) is 10.0 Å². The Hall–Kier alpha value is -3.01. The number of benzene rings is 2. The van der Waals surface area contributed by atoms with Crippen molar-refractivity contribution in [3.63, 3.8) is 0 Å². The molecule has 0 bridgehead atoms. The Morgan fingerprint density at radius 2 is 1.67 bits per heavy atom. The van der Waals surface area contributed by atoms with Crippen molar-refractivity contribution in [2.75, 3.05) is 4.72 Å². The molecule has 0 amide bonds. The summed E-state index contributed by atoms with van der Waals surface area (Å²) >= 11 is 0. The molecule has 0 aliphatic heterocycles. The van der Waals surface area contributed by atoms with E-state index in [0.29, 0.717) is 11.6 Å². The lowest BCUT2D eigenvalue weighted by Crippen LogP contribution is -2.15. The molecule has 0 aliphatic carbocycles. The number of anilines is 1. The standard InChI is InChI=1S/C14H13N3O6S/c1-9-4-3-5-12(10(9)2)15-24(22,23)14-7-6-11(16(18)19)8-13(14)17(20)21/h3-8,15H,1-2H3. The molecule has 1 N–H and O–H groups in total. The third-order valence-electron chi connectivity index (χ3n) is 3.49. The van der Waals surface area contributed by atoms with Gasteiger partial charge < -0.3 is 0 Å². The van der Waals surface area contributed by atoms with Gasteiger partial charge >= 0.3 is 0 Å². The van der Waals surface area contributed by atoms with E-state index in [1.807, 2.05) is 0 Å². The highest BCUT2D eigenvalue weighted by molar-refractivity contribution is 7.92. The molecule has 0 saturated heterocycles. The fraction of sp³-hybridized carbons (Fsp3) is 0.143. The Bertz CT molecular complexity index is 940. The van der Waals surface area contributed by atoms with Crippen LogP contribution in [0.25, 0.3) is 0 Å². The molecule has 126 valence electrons. The zero-order chi connectivity index (χ0) is 18.1. The van der Waals surface area contributed by atoms with E-state index in [-0.39, 0.29) is 5.69 Å². The van der Waals surface area contributed by atoms with Crippen LogP contribution in [-0.4, -0.2) is 18.3 Å². The Morgan fingerprint density at radius 3 is 2.25 bits per heavy atom. The van der Waals surface area contributed by atoms with Crippen LogP contribution in [0.2, 0.25) is 0 Å². The average molecular weight is 351 g/mol. The zero-order valence-corrected chi connectivity index (χ0v) is 13.5. The van der Waals surface area contributed by atoms with Crippen molar-refractivity contribution in [1.29, 1.82) is 0 Å². The van der Waals surface area contributed by atoms with Crippen molar-refractivity contribution in [3.8, 4) is 0 Å². The SMILES string of the molecule is Cc1cccc(NS(=O)(=O)c2ccc([N+](=O)[O-])cc2[N+](=O)[O-])c1C. The molecular weight excluding hydrogens is 338 g/mol. The highest BCUT2D eigenvalue weighted by Gasteiger charge is 2.29. The molecule has 2 aromatic rings. The number of nitro benzene ring substituents is 2. The number of nitrogens with zero attached hydrogens (tertiary/aromatic N) is 2. The topological polar surface area (TPSA) is 132 Å². The van der Waals surface area contributed by atoms with Gasteiger partial charge in [0.05, 0.1) is 21.6 Å². The molecule has 0 saturated carbocycles. The molecular formula is C14H13N3O6S. The molecule has 0 unspecified atom stereocenters. The molecule has 0 aromatic heterocycles. The number of aryl methyl sites for hydroxylation is 1. The van der Waals surface area contributed by atoms with Crippen LogP contribution in [0.5, 0.6) is 0 Å². The maximum Gasteiger partial charge on any atom is 0.296 e. The molecule has 10 heteroatoms. The molecule has 24 heavy (non-hydrogen) atoms. The van der Waals surface area contributed by atoms with Crippen LogP contribution in [0, 0.1) is 34.1 Å². The lowest BCUT2D eigenvalue weighted by molar-refractivity contribution is -0.396. The van der Waals surface area contributed by atoms with Gasteiger partial charge in [-0.1, -0.05) is 12.1 Å². The molecule has 2 aromatic carbocycles. The molecule has 0 fully saturated rings. The van der Waals surface area contributed by atoms with Crippen molar-refractivity contribution in [3.05, 3.63) is 67.8 Å². The lowest BCUT2D eigenvalue weighted by Gasteiger charge is -2.12. The summed E-state index contributed by atoms with van der Waals surface area (Å²) in [6, 6.07) is 7.34. The van der Waals surface area contributed by atoms with Gasteiger partial charge in [0.1, 0.15) is 0 Å². The quantitative estimate of drug-likeness (QED) is 0.650. The van der Waals surface area contributed by atoms with Crippen molar-refractivity contribution < 1.29 is 18.3 Å². The van der Waals surface area contributed by atoms with Crippen molar-refractivity contribution in [2.45, 2.75) is 18.7 Å². The Labute approximate surface area is 137 Å². The van der Waals surface area contributed by atoms with E-state index in [2.05, 4.69) is 4.72 Å². The minimum Gasteiger partial charge on any atom is -0.279 e. The average Bonchev–Trinajstić information content (AvgIpc) is 2.51. The van der Waals surface area contributed by atoms with Gasteiger partial charge in [0, 0.05) is 6.07 Å². The molecule has 0 spiro atoms. The molecule has 9 nitrogen and oxygen atoms in total. The lowest BCUT2D eigenvalue weighted by atomic mass is 10.1. The normalized spacial score (nSPS) is 11.1. The van der Waals surface area contributed by atoms with E-state index >= 15 is 0 Å². The predicted octanol–water partition coefficient (Wildman–Crippen LogP) is 2.92. The van der Waals surface area contributed by atoms with Crippen LogP contribution in [0.15, 0.2) is 41.3 Å². The van der Waals surface area contributed by atoms with E-state index in [1.54, 1.807) is 26.0 Å². The van der Waals surface area contributed by atoms with Crippen LogP contribution < -0.4 is 4.72 Å². The van der Waals surface area contributed by atoms with Crippen LogP contribution in [0.3, 0.4) is 0 Å². The Morgan fingerprint density at radius 1 is 1.00 bits per heavy atom. The van der Waals surface area contributed by atoms with Gasteiger partial charge in [-0.3, -0.25) is 25.0 Å². The fourth-order valence-corrected chi connectivity index (χ4v) is 3.33. The van der Waals surface area contributed by atoms with E-state index < -0.39 is 36.1 Å². The van der Waals surface area contributed by atoms with Crippen molar-refractivity contribution in [1.82, 2.24) is 0 Å². The summed E-state index contributed by atoms with van der Waals surface area (Å²) in [4.78, 5) is 19.4. The third-order valence-corrected chi connectivity index (χ3v) is 4.90. The first kappa shape index (κ1) is 17.3. The van der Waals surface area contributed by atoms with E-state index in [0.717, 1.165) is 17.7 Å². The van der Waals surface area contributed by atoms with Gasteiger partial charge in [-0.05, 0) is 37.1 Å². The number of nitro groups is 2. The Balaban J connectivity index is 2.55. The maximum absolute atomic E-state index is 12.5. The van der Waals surface area contributed by atoms with Gasteiger partial charge in [0.15, 0.2) is 4.90 Å². The largest absolute Gasteiger partial charge is 0.296 e. The summed E-state index contributed by atoms with van der Waals surface area (Å²) < 4.78 is 27.3. The van der Waals surface area contributed by atoms with Crippen LogP contribution in [0.4, 0.5) is 17.1 Å². The smallest absolute Gasteiger partial charge is 0.279 e. The molecule has 0 aliphatic rings. The van der Waals surface area contributed by atoms with Gasteiger partial charge in [-0.25, -0.2) is 8.42 Å². The number of hydrogen-bond acceptors (Lipinski definition) is 6. The minimum atomic E-state index is -4.28. The van der Waals surface area contributed by atoms with Gasteiger partial charge in [0.25, 0.3) is 21.4 Å². The first-order chi connectivity index (χ1) is 11.1. The van der Waals surface area contributed by atoms with E-state index in [1.165, 1.54) is 6.07 Å². The number of non-ortho nitro benzene ring substituents is 1. The predicted molar refractivity (Wildman–Crippen MR) is 86.5 cm³/mol. The summed E-state index contributed by atoms with van der Waals surface area (Å²) in [5.41, 5.74) is 0.371. The summed E-state index contributed by atoms with van der Waals surface area (Å²) in [6.07, 6.45) is 0. The zero-order valence-electron chi connectivity index (χ0n) is 12.7. The molecule has 0 heterocycles. The first-order valence-electron chi connectivity index (χ1n) is 6.65. The van der Waals surface area contributed by atoms with E-state index in [4.69, 9.17) is 0 Å². The summed E-state index contributed by atoms with van der Waals surface area (Å²) in [5, 5.41) is 21.8. The van der Waals surface area contributed by atoms with Crippen LogP contribution >= 0.6 is 0 Å². The van der Waals surface area contributed by atoms with Crippen LogP contribution in [0.1, 0.15) is 11.1 Å². The van der Waals surface area contributed by atoms with Gasteiger partial charge in [0.2, 0.25) is 0 Å². The third kappa shape index (κ3) is 3.33. The number of nitrogens with one attached hydrogen (secondary N) is 1. The molecule has 2 rings (SSSR count). The first-order valence-corrected chi connectivity index (χ1v) is 8.13. The summed E-state index contributed by atoms with van der Waals surface area (Å²) in [5.74, 6) is 0. The maximum atomic E-state index is 12.5. The van der Waals surface area contributed by atoms with Gasteiger partial charge in [-0.15, -0.1) is 0 Å². The number of sulfonamides is 1. The highest BCUT2D eigenvalue weighted by Crippen LogP contribution is 2.30. The second-order valence-corrected chi connectivity index (χ2v) is 6.67. The Kier molecular flexibility index (Phi) is 4.51. The summed E-state index contributed by atoms with van der Waals surface area (Å²) in [7, 11) is -4.28. The second-order valence-electron chi connectivity index (χ2n) is 5.02.